The summed E-state index contributed by atoms with van der Waals surface area (Å²) in [4.78, 5) is 16.0. The molecule has 0 unspecified atom stereocenters. The van der Waals surface area contributed by atoms with Crippen LogP contribution in [-0.2, 0) is 0 Å². The summed E-state index contributed by atoms with van der Waals surface area (Å²) in [6.45, 7) is 0. The molecule has 104 valence electrons. The second-order valence-corrected chi connectivity index (χ2v) is 4.83. The van der Waals surface area contributed by atoms with Crippen molar-refractivity contribution in [1.82, 2.24) is 4.98 Å². The number of benzene rings is 2. The van der Waals surface area contributed by atoms with Gasteiger partial charge in [0, 0.05) is 16.7 Å². The summed E-state index contributed by atoms with van der Waals surface area (Å²) in [5.74, 6) is -0.0104. The fraction of sp³-hybridized carbons (Fsp3) is 0. The first-order valence-corrected chi connectivity index (χ1v) is 6.58. The number of para-hydroxylation sites is 1. The maximum absolute atomic E-state index is 11.8. The summed E-state index contributed by atoms with van der Waals surface area (Å²) in [5.41, 5.74) is 0.580. The number of rotatable bonds is 2. The van der Waals surface area contributed by atoms with Gasteiger partial charge in [-0.1, -0.05) is 23.7 Å². The van der Waals surface area contributed by atoms with Crippen LogP contribution < -0.4 is 5.63 Å². The molecule has 0 saturated carbocycles. The zero-order chi connectivity index (χ0) is 14.8. The third-order valence-electron chi connectivity index (χ3n) is 2.95. The summed E-state index contributed by atoms with van der Waals surface area (Å²) < 4.78 is 5.08. The third kappa shape index (κ3) is 2.80. The second-order valence-electron chi connectivity index (χ2n) is 4.39. The number of hydrogen-bond acceptors (Lipinski definition) is 4. The first-order chi connectivity index (χ1) is 10.1. The van der Waals surface area contributed by atoms with E-state index in [0.29, 0.717) is 21.5 Å². The van der Waals surface area contributed by atoms with E-state index < -0.39 is 5.63 Å². The predicted molar refractivity (Wildman–Crippen MR) is 82.2 cm³/mol. The molecular formula is C16H10ClNO3. The zero-order valence-electron chi connectivity index (χ0n) is 10.8. The van der Waals surface area contributed by atoms with Gasteiger partial charge in [0.2, 0.25) is 5.89 Å². The molecule has 0 aliphatic carbocycles. The smallest absolute Gasteiger partial charge is 0.347 e. The van der Waals surface area contributed by atoms with E-state index in [4.69, 9.17) is 16.0 Å². The predicted octanol–water partition coefficient (Wildman–Crippen LogP) is 3.90. The fourth-order valence-electron chi connectivity index (χ4n) is 1.92. The van der Waals surface area contributed by atoms with Crippen LogP contribution in [-0.4, -0.2) is 10.1 Å². The molecule has 0 fully saturated rings. The lowest BCUT2D eigenvalue weighted by Crippen LogP contribution is -2.02. The van der Waals surface area contributed by atoms with Crippen LogP contribution in [0.1, 0.15) is 11.5 Å². The van der Waals surface area contributed by atoms with Gasteiger partial charge in [-0.2, -0.15) is 0 Å². The van der Waals surface area contributed by atoms with Crippen molar-refractivity contribution in [2.75, 3.05) is 0 Å². The lowest BCUT2D eigenvalue weighted by molar-refractivity contribution is 0.483. The van der Waals surface area contributed by atoms with Crippen LogP contribution in [0.15, 0.2) is 57.7 Å². The minimum absolute atomic E-state index is 0.0474. The quantitative estimate of drug-likeness (QED) is 0.729. The average Bonchev–Trinajstić information content (AvgIpc) is 2.48. The fourth-order valence-corrected chi connectivity index (χ4v) is 2.04. The highest BCUT2D eigenvalue weighted by atomic mass is 35.5. The summed E-state index contributed by atoms with van der Waals surface area (Å²) in [6.07, 6.45) is 1.30. The van der Waals surface area contributed by atoms with Crippen LogP contribution in [0.25, 0.3) is 22.7 Å². The molecule has 1 heterocycles. The van der Waals surface area contributed by atoms with Gasteiger partial charge in [-0.3, -0.25) is 0 Å². The van der Waals surface area contributed by atoms with E-state index in [0.717, 1.165) is 0 Å². The van der Waals surface area contributed by atoms with Crippen molar-refractivity contribution in [1.29, 1.82) is 0 Å². The average molecular weight is 300 g/mol. The second kappa shape index (κ2) is 5.42. The van der Waals surface area contributed by atoms with E-state index in [1.165, 1.54) is 6.08 Å². The first-order valence-electron chi connectivity index (χ1n) is 6.20. The number of aliphatic hydroxyl groups excluding tert-OH is 1. The number of nitrogens with zero attached hydrogens (tertiary/aromatic N) is 1. The van der Waals surface area contributed by atoms with E-state index in [9.17, 15) is 9.90 Å². The van der Waals surface area contributed by atoms with Gasteiger partial charge in [0.1, 0.15) is 5.76 Å². The Bertz CT molecular complexity index is 882. The SMILES string of the molecule is O=c1oc(/C=C(\O)c2ccc(Cl)cc2)nc2ccccc12. The van der Waals surface area contributed by atoms with Crippen LogP contribution in [0.4, 0.5) is 0 Å². The van der Waals surface area contributed by atoms with E-state index in [2.05, 4.69) is 4.98 Å². The number of aliphatic hydroxyl groups is 1. The highest BCUT2D eigenvalue weighted by molar-refractivity contribution is 6.30. The number of hydrogen-bond donors (Lipinski definition) is 1. The van der Waals surface area contributed by atoms with E-state index in [-0.39, 0.29) is 11.6 Å². The van der Waals surface area contributed by atoms with Crippen molar-refractivity contribution in [2.45, 2.75) is 0 Å². The molecule has 0 amide bonds. The summed E-state index contributed by atoms with van der Waals surface area (Å²) >= 11 is 5.79. The number of fused-ring (bicyclic) bond motifs is 1. The van der Waals surface area contributed by atoms with Crippen LogP contribution in [0.3, 0.4) is 0 Å². The lowest BCUT2D eigenvalue weighted by Gasteiger charge is -2.01. The monoisotopic (exact) mass is 299 g/mol. The Balaban J connectivity index is 2.06. The van der Waals surface area contributed by atoms with Gasteiger partial charge in [-0.25, -0.2) is 9.78 Å². The van der Waals surface area contributed by atoms with Crippen LogP contribution in [0.5, 0.6) is 0 Å². The summed E-state index contributed by atoms with van der Waals surface area (Å²) in [5, 5.41) is 11.0. The highest BCUT2D eigenvalue weighted by Crippen LogP contribution is 2.18. The molecule has 3 rings (SSSR count). The Hall–Kier alpha value is -2.59. The largest absolute Gasteiger partial charge is 0.507 e. The third-order valence-corrected chi connectivity index (χ3v) is 3.20. The van der Waals surface area contributed by atoms with Gasteiger partial charge in [-0.15, -0.1) is 0 Å². The number of aromatic nitrogens is 1. The van der Waals surface area contributed by atoms with Crippen molar-refractivity contribution in [3.63, 3.8) is 0 Å². The zero-order valence-corrected chi connectivity index (χ0v) is 11.5. The van der Waals surface area contributed by atoms with Crippen LogP contribution >= 0.6 is 11.6 Å². The van der Waals surface area contributed by atoms with Crippen LogP contribution in [0, 0.1) is 0 Å². The molecule has 0 spiro atoms. The summed E-state index contributed by atoms with van der Waals surface area (Å²) in [7, 11) is 0. The molecule has 3 aromatic rings. The Kier molecular flexibility index (Phi) is 3.46. The maximum Gasteiger partial charge on any atom is 0.347 e. The van der Waals surface area contributed by atoms with E-state index >= 15 is 0 Å². The Labute approximate surface area is 124 Å². The molecule has 0 aliphatic rings. The highest BCUT2D eigenvalue weighted by Gasteiger charge is 2.06. The molecule has 0 radical (unpaired) electrons. The van der Waals surface area contributed by atoms with Crippen molar-refractivity contribution in [3.05, 3.63) is 75.4 Å². The first kappa shape index (κ1) is 13.4. The van der Waals surface area contributed by atoms with Gasteiger partial charge in [0.05, 0.1) is 10.9 Å². The van der Waals surface area contributed by atoms with Gasteiger partial charge in [-0.05, 0) is 36.4 Å². The molecule has 4 nitrogen and oxygen atoms in total. The van der Waals surface area contributed by atoms with Crippen LogP contribution in [0.2, 0.25) is 5.02 Å². The van der Waals surface area contributed by atoms with Gasteiger partial charge in [0.15, 0.2) is 0 Å². The lowest BCUT2D eigenvalue weighted by atomic mass is 10.2. The van der Waals surface area contributed by atoms with E-state index in [1.807, 2.05) is 0 Å². The van der Waals surface area contributed by atoms with Crippen molar-refractivity contribution in [2.24, 2.45) is 0 Å². The molecule has 1 N–H and O–H groups in total. The topological polar surface area (TPSA) is 63.3 Å². The molecule has 2 aromatic carbocycles. The van der Waals surface area contributed by atoms with E-state index in [1.54, 1.807) is 48.5 Å². The molecule has 1 aromatic heterocycles. The van der Waals surface area contributed by atoms with Crippen molar-refractivity contribution < 1.29 is 9.52 Å². The van der Waals surface area contributed by atoms with Gasteiger partial charge < -0.3 is 9.52 Å². The molecular weight excluding hydrogens is 290 g/mol. The molecule has 5 heteroatoms. The molecule has 0 bridgehead atoms. The maximum atomic E-state index is 11.8. The minimum atomic E-state index is -0.490. The molecule has 0 atom stereocenters. The standard InChI is InChI=1S/C16H10ClNO3/c17-11-7-5-10(6-8-11)14(19)9-15-18-13-4-2-1-3-12(13)16(20)21-15/h1-9,19H/b14-9-. The Morgan fingerprint density at radius 1 is 1.14 bits per heavy atom. The molecule has 0 saturated heterocycles. The minimum Gasteiger partial charge on any atom is -0.507 e. The van der Waals surface area contributed by atoms with Crippen molar-refractivity contribution >= 4 is 34.3 Å². The van der Waals surface area contributed by atoms with Crippen molar-refractivity contribution in [3.8, 4) is 0 Å². The molecule has 21 heavy (non-hydrogen) atoms. The Morgan fingerprint density at radius 3 is 2.62 bits per heavy atom. The molecule has 0 aliphatic heterocycles. The van der Waals surface area contributed by atoms with Gasteiger partial charge in [0.25, 0.3) is 0 Å². The van der Waals surface area contributed by atoms with Gasteiger partial charge >= 0.3 is 5.63 Å². The number of halogens is 1. The summed E-state index contributed by atoms with van der Waals surface area (Å²) in [6, 6.07) is 13.5. The Morgan fingerprint density at radius 2 is 1.86 bits per heavy atom. The normalized spacial score (nSPS) is 11.8.